The fourth-order valence-electron chi connectivity index (χ4n) is 2.65. The molecule has 25 heavy (non-hydrogen) atoms. The van der Waals surface area contributed by atoms with Crippen molar-refractivity contribution < 1.29 is 9.59 Å². The average molecular weight is 359 g/mol. The number of hydrogen-bond acceptors (Lipinski definition) is 2. The molecule has 0 bridgehead atoms. The number of amides is 2. The number of likely N-dealkylation sites (N-methyl/N-ethyl adjacent to an activating group) is 1. The summed E-state index contributed by atoms with van der Waals surface area (Å²) in [6.45, 7) is 4.08. The summed E-state index contributed by atoms with van der Waals surface area (Å²) in [5.41, 5.74) is 2.96. The van der Waals surface area contributed by atoms with E-state index in [2.05, 4.69) is 5.32 Å². The summed E-state index contributed by atoms with van der Waals surface area (Å²) in [6, 6.07) is 14.5. The van der Waals surface area contributed by atoms with E-state index in [1.54, 1.807) is 31.0 Å². The van der Waals surface area contributed by atoms with E-state index in [1.807, 2.05) is 43.3 Å². The van der Waals surface area contributed by atoms with E-state index in [4.69, 9.17) is 11.6 Å². The quantitative estimate of drug-likeness (QED) is 0.860. The van der Waals surface area contributed by atoms with Crippen molar-refractivity contribution in [2.45, 2.75) is 32.9 Å². The van der Waals surface area contributed by atoms with Gasteiger partial charge in [-0.3, -0.25) is 9.59 Å². The molecule has 0 radical (unpaired) electrons. The Balaban J connectivity index is 2.23. The summed E-state index contributed by atoms with van der Waals surface area (Å²) in [7, 11) is 1.57. The van der Waals surface area contributed by atoms with Gasteiger partial charge in [0.1, 0.15) is 6.04 Å². The molecule has 0 heterocycles. The largest absolute Gasteiger partial charge is 0.357 e. The molecule has 1 atom stereocenters. The number of halogens is 1. The first-order chi connectivity index (χ1) is 11.9. The van der Waals surface area contributed by atoms with Gasteiger partial charge < -0.3 is 10.2 Å². The maximum atomic E-state index is 12.9. The third-order valence-corrected chi connectivity index (χ3v) is 4.53. The van der Waals surface area contributed by atoms with Crippen LogP contribution in [0, 0.1) is 6.92 Å². The summed E-state index contributed by atoms with van der Waals surface area (Å²) in [6.07, 6.45) is 0.265. The number of rotatable bonds is 6. The van der Waals surface area contributed by atoms with Crippen LogP contribution in [0.3, 0.4) is 0 Å². The van der Waals surface area contributed by atoms with Gasteiger partial charge in [-0.25, -0.2) is 0 Å². The van der Waals surface area contributed by atoms with Crippen LogP contribution in [0.1, 0.15) is 23.6 Å². The molecule has 0 aliphatic rings. The first-order valence-corrected chi connectivity index (χ1v) is 8.60. The van der Waals surface area contributed by atoms with Crippen LogP contribution in [0.2, 0.25) is 5.02 Å². The van der Waals surface area contributed by atoms with Crippen molar-refractivity contribution in [3.05, 3.63) is 70.2 Å². The molecule has 0 aliphatic heterocycles. The summed E-state index contributed by atoms with van der Waals surface area (Å²) < 4.78 is 0. The Bertz CT molecular complexity index is 744. The van der Waals surface area contributed by atoms with Crippen molar-refractivity contribution in [1.29, 1.82) is 0 Å². The van der Waals surface area contributed by atoms with Crippen molar-refractivity contribution in [2.75, 3.05) is 7.05 Å². The molecule has 2 aromatic rings. The molecule has 132 valence electrons. The summed E-state index contributed by atoms with van der Waals surface area (Å²) in [5, 5.41) is 3.26. The van der Waals surface area contributed by atoms with Crippen LogP contribution in [-0.4, -0.2) is 29.8 Å². The number of aryl methyl sites for hydroxylation is 1. The molecule has 2 rings (SSSR count). The number of carbonyl (C=O) groups excluding carboxylic acids is 2. The Labute approximate surface area is 153 Å². The smallest absolute Gasteiger partial charge is 0.242 e. The topological polar surface area (TPSA) is 49.4 Å². The van der Waals surface area contributed by atoms with Crippen LogP contribution in [0.15, 0.2) is 48.5 Å². The molecule has 2 amide bonds. The normalized spacial score (nSPS) is 11.7. The van der Waals surface area contributed by atoms with Gasteiger partial charge in [0.2, 0.25) is 11.8 Å². The average Bonchev–Trinajstić information content (AvgIpc) is 2.61. The maximum Gasteiger partial charge on any atom is 0.242 e. The number of hydrogen-bond donors (Lipinski definition) is 1. The molecule has 0 spiro atoms. The number of benzene rings is 2. The van der Waals surface area contributed by atoms with Crippen LogP contribution in [0.4, 0.5) is 0 Å². The minimum absolute atomic E-state index is 0.0830. The second-order valence-corrected chi connectivity index (χ2v) is 6.48. The van der Waals surface area contributed by atoms with Crippen LogP contribution in [0.25, 0.3) is 0 Å². The minimum Gasteiger partial charge on any atom is -0.357 e. The van der Waals surface area contributed by atoms with Gasteiger partial charge in [0.05, 0.1) is 6.42 Å². The highest BCUT2D eigenvalue weighted by Crippen LogP contribution is 2.16. The number of carbonyl (C=O) groups is 2. The number of nitrogens with zero attached hydrogens (tertiary/aromatic N) is 1. The lowest BCUT2D eigenvalue weighted by Gasteiger charge is -2.28. The molecule has 0 saturated carbocycles. The fraction of sp³-hybridized carbons (Fsp3) is 0.300. The molecule has 5 heteroatoms. The van der Waals surface area contributed by atoms with Crippen molar-refractivity contribution >= 4 is 23.4 Å². The molecule has 0 aromatic heterocycles. The van der Waals surface area contributed by atoms with E-state index in [0.29, 0.717) is 11.6 Å². The first kappa shape index (κ1) is 19.0. The molecule has 0 saturated heterocycles. The molecule has 1 unspecified atom stereocenters. The molecular formula is C20H23ClN2O2. The van der Waals surface area contributed by atoms with E-state index in [0.717, 1.165) is 16.7 Å². The second kappa shape index (κ2) is 8.67. The lowest BCUT2D eigenvalue weighted by atomic mass is 10.0. The van der Waals surface area contributed by atoms with Gasteiger partial charge in [0.15, 0.2) is 0 Å². The fourth-order valence-corrected chi connectivity index (χ4v) is 2.78. The highest BCUT2D eigenvalue weighted by atomic mass is 35.5. The van der Waals surface area contributed by atoms with Gasteiger partial charge in [0.25, 0.3) is 0 Å². The molecular weight excluding hydrogens is 336 g/mol. The zero-order valence-corrected chi connectivity index (χ0v) is 15.5. The van der Waals surface area contributed by atoms with E-state index < -0.39 is 6.04 Å². The molecule has 0 aliphatic carbocycles. The lowest BCUT2D eigenvalue weighted by Crippen LogP contribution is -2.47. The van der Waals surface area contributed by atoms with E-state index in [1.165, 1.54) is 0 Å². The maximum absolute atomic E-state index is 12.9. The molecule has 4 nitrogen and oxygen atoms in total. The first-order valence-electron chi connectivity index (χ1n) is 8.22. The van der Waals surface area contributed by atoms with Crippen LogP contribution in [0.5, 0.6) is 0 Å². The minimum atomic E-state index is -0.558. The summed E-state index contributed by atoms with van der Waals surface area (Å²) >= 11 is 5.93. The second-order valence-electron chi connectivity index (χ2n) is 6.04. The number of nitrogens with one attached hydrogen (secondary N) is 1. The van der Waals surface area contributed by atoms with Gasteiger partial charge in [0, 0.05) is 18.6 Å². The highest BCUT2D eigenvalue weighted by molar-refractivity contribution is 6.30. The van der Waals surface area contributed by atoms with Crippen LogP contribution >= 0.6 is 11.6 Å². The Kier molecular flexibility index (Phi) is 6.59. The summed E-state index contributed by atoms with van der Waals surface area (Å²) in [4.78, 5) is 26.6. The Hall–Kier alpha value is -2.33. The van der Waals surface area contributed by atoms with E-state index in [9.17, 15) is 9.59 Å². The lowest BCUT2D eigenvalue weighted by molar-refractivity contribution is -0.139. The zero-order valence-electron chi connectivity index (χ0n) is 14.8. The van der Waals surface area contributed by atoms with Gasteiger partial charge in [-0.1, -0.05) is 48.0 Å². The summed E-state index contributed by atoms with van der Waals surface area (Å²) in [5.74, 6) is -0.271. The molecule has 1 N–H and O–H groups in total. The Morgan fingerprint density at radius 2 is 1.76 bits per heavy atom. The molecule has 2 aromatic carbocycles. The van der Waals surface area contributed by atoms with E-state index >= 15 is 0 Å². The highest BCUT2D eigenvalue weighted by Gasteiger charge is 2.25. The molecule has 0 fully saturated rings. The van der Waals surface area contributed by atoms with Crippen LogP contribution < -0.4 is 5.32 Å². The Morgan fingerprint density at radius 1 is 1.12 bits per heavy atom. The van der Waals surface area contributed by atoms with Crippen molar-refractivity contribution in [3.63, 3.8) is 0 Å². The van der Waals surface area contributed by atoms with Crippen molar-refractivity contribution in [3.8, 4) is 0 Å². The third kappa shape index (κ3) is 5.07. The zero-order chi connectivity index (χ0) is 18.4. The predicted molar refractivity (Wildman–Crippen MR) is 100 cm³/mol. The SMILES string of the molecule is CNC(=O)C(C)N(Cc1ccc(Cl)cc1)C(=O)Cc1ccccc1C. The van der Waals surface area contributed by atoms with Gasteiger partial charge in [-0.15, -0.1) is 0 Å². The van der Waals surface area contributed by atoms with Gasteiger partial charge in [-0.2, -0.15) is 0 Å². The van der Waals surface area contributed by atoms with Crippen molar-refractivity contribution in [2.24, 2.45) is 0 Å². The third-order valence-electron chi connectivity index (χ3n) is 4.28. The Morgan fingerprint density at radius 3 is 2.36 bits per heavy atom. The van der Waals surface area contributed by atoms with E-state index in [-0.39, 0.29) is 18.2 Å². The van der Waals surface area contributed by atoms with Crippen LogP contribution in [-0.2, 0) is 22.6 Å². The van der Waals surface area contributed by atoms with Gasteiger partial charge >= 0.3 is 0 Å². The van der Waals surface area contributed by atoms with Gasteiger partial charge in [-0.05, 0) is 42.7 Å². The standard InChI is InChI=1S/C20H23ClN2O2/c1-14-6-4-5-7-17(14)12-19(24)23(15(2)20(25)22-3)13-16-8-10-18(21)11-9-16/h4-11,15H,12-13H2,1-3H3,(H,22,25). The van der Waals surface area contributed by atoms with Crippen molar-refractivity contribution in [1.82, 2.24) is 10.2 Å². The monoisotopic (exact) mass is 358 g/mol. The predicted octanol–water partition coefficient (Wildman–Crippen LogP) is 3.35.